The monoisotopic (exact) mass is 275 g/mol. The molecule has 0 unspecified atom stereocenters. The van der Waals surface area contributed by atoms with Gasteiger partial charge in [0.05, 0.1) is 0 Å². The van der Waals surface area contributed by atoms with E-state index < -0.39 is 5.60 Å². The fourth-order valence-corrected chi connectivity index (χ4v) is 2.86. The maximum Gasteiger partial charge on any atom is 0.149 e. The maximum atomic E-state index is 11.5. The molecule has 0 spiro atoms. The number of benzene rings is 2. The van der Waals surface area contributed by atoms with Crippen LogP contribution in [0.1, 0.15) is 16.7 Å². The number of aliphatic hydroxyl groups is 1. The van der Waals surface area contributed by atoms with Gasteiger partial charge in [-0.1, -0.05) is 42.5 Å². The standard InChI is InChI=1S/C18H13NO2/c20-18(13-6-5-11-19-12-13)14-7-1-3-9-16(14)21-17-10-4-2-8-15(17)18/h1-12,20H. The first-order chi connectivity index (χ1) is 10.3. The van der Waals surface area contributed by atoms with Gasteiger partial charge >= 0.3 is 0 Å². The Kier molecular flexibility index (Phi) is 2.56. The molecule has 0 atom stereocenters. The van der Waals surface area contributed by atoms with E-state index in [1.165, 1.54) is 0 Å². The van der Waals surface area contributed by atoms with Crippen molar-refractivity contribution in [2.75, 3.05) is 0 Å². The number of nitrogens with zero attached hydrogens (tertiary/aromatic N) is 1. The van der Waals surface area contributed by atoms with E-state index in [1.807, 2.05) is 60.7 Å². The average molecular weight is 275 g/mol. The molecule has 2 aromatic carbocycles. The Morgan fingerprint density at radius 3 is 2.00 bits per heavy atom. The lowest BCUT2D eigenvalue weighted by atomic mass is 9.79. The van der Waals surface area contributed by atoms with Crippen molar-refractivity contribution in [3.05, 3.63) is 89.7 Å². The first-order valence-electron chi connectivity index (χ1n) is 6.80. The topological polar surface area (TPSA) is 42.4 Å². The lowest BCUT2D eigenvalue weighted by Crippen LogP contribution is -2.32. The Morgan fingerprint density at radius 2 is 1.43 bits per heavy atom. The van der Waals surface area contributed by atoms with Crippen LogP contribution in [0.15, 0.2) is 73.1 Å². The molecule has 0 saturated carbocycles. The Hall–Kier alpha value is -2.65. The summed E-state index contributed by atoms with van der Waals surface area (Å²) >= 11 is 0. The van der Waals surface area contributed by atoms with E-state index in [-0.39, 0.29) is 0 Å². The Morgan fingerprint density at radius 1 is 0.810 bits per heavy atom. The lowest BCUT2D eigenvalue weighted by molar-refractivity contribution is 0.112. The molecule has 1 aliphatic rings. The van der Waals surface area contributed by atoms with Gasteiger partial charge in [0.15, 0.2) is 0 Å². The highest BCUT2D eigenvalue weighted by molar-refractivity contribution is 5.60. The summed E-state index contributed by atoms with van der Waals surface area (Å²) in [5.74, 6) is 1.34. The summed E-state index contributed by atoms with van der Waals surface area (Å²) in [5.41, 5.74) is 0.946. The third-order valence-electron chi connectivity index (χ3n) is 3.85. The molecule has 21 heavy (non-hydrogen) atoms. The van der Waals surface area contributed by atoms with Crippen LogP contribution in [0.25, 0.3) is 0 Å². The molecule has 3 nitrogen and oxygen atoms in total. The van der Waals surface area contributed by atoms with E-state index in [0.29, 0.717) is 11.5 Å². The van der Waals surface area contributed by atoms with Crippen molar-refractivity contribution in [3.63, 3.8) is 0 Å². The van der Waals surface area contributed by atoms with Crippen LogP contribution in [0.2, 0.25) is 0 Å². The molecule has 1 aliphatic heterocycles. The smallest absolute Gasteiger partial charge is 0.149 e. The molecule has 3 heteroatoms. The average Bonchev–Trinajstić information content (AvgIpc) is 2.56. The first kappa shape index (κ1) is 12.1. The molecular formula is C18H13NO2. The normalized spacial score (nSPS) is 14.7. The molecule has 0 amide bonds. The lowest BCUT2D eigenvalue weighted by Gasteiger charge is -2.36. The molecule has 0 fully saturated rings. The first-order valence-corrected chi connectivity index (χ1v) is 6.80. The largest absolute Gasteiger partial charge is 0.457 e. The molecule has 1 aromatic heterocycles. The minimum atomic E-state index is -1.25. The number of rotatable bonds is 1. The van der Waals surface area contributed by atoms with Crippen molar-refractivity contribution in [3.8, 4) is 11.5 Å². The number of fused-ring (bicyclic) bond motifs is 2. The van der Waals surface area contributed by atoms with Crippen molar-refractivity contribution < 1.29 is 9.84 Å². The van der Waals surface area contributed by atoms with Gasteiger partial charge in [-0.05, 0) is 18.2 Å². The highest BCUT2D eigenvalue weighted by Gasteiger charge is 2.41. The van der Waals surface area contributed by atoms with Gasteiger partial charge in [0.1, 0.15) is 17.1 Å². The second-order valence-electron chi connectivity index (χ2n) is 5.05. The van der Waals surface area contributed by atoms with Crippen LogP contribution < -0.4 is 4.74 Å². The number of aromatic nitrogens is 1. The zero-order chi connectivity index (χ0) is 14.3. The Balaban J connectivity index is 2.06. The SMILES string of the molecule is OC1(c2cccnc2)c2ccccc2Oc2ccccc21. The number of hydrogen-bond donors (Lipinski definition) is 1. The highest BCUT2D eigenvalue weighted by atomic mass is 16.5. The molecule has 0 radical (unpaired) electrons. The second kappa shape index (κ2) is 4.43. The van der Waals surface area contributed by atoms with E-state index in [9.17, 15) is 5.11 Å². The Labute approximate surface area is 122 Å². The molecular weight excluding hydrogens is 262 g/mol. The van der Waals surface area contributed by atoms with E-state index in [4.69, 9.17) is 4.74 Å². The van der Waals surface area contributed by atoms with E-state index in [1.54, 1.807) is 12.4 Å². The maximum absolute atomic E-state index is 11.5. The second-order valence-corrected chi connectivity index (χ2v) is 5.05. The fourth-order valence-electron chi connectivity index (χ4n) is 2.86. The summed E-state index contributed by atoms with van der Waals surface area (Å²) < 4.78 is 5.91. The van der Waals surface area contributed by atoms with Gasteiger partial charge in [-0.25, -0.2) is 0 Å². The Bertz CT molecular complexity index is 754. The third kappa shape index (κ3) is 1.68. The van der Waals surface area contributed by atoms with E-state index >= 15 is 0 Å². The van der Waals surface area contributed by atoms with Crippen LogP contribution >= 0.6 is 0 Å². The van der Waals surface area contributed by atoms with Gasteiger partial charge in [0.25, 0.3) is 0 Å². The predicted octanol–water partition coefficient (Wildman–Crippen LogP) is 3.47. The highest BCUT2D eigenvalue weighted by Crippen LogP contribution is 2.49. The number of ether oxygens (including phenoxy) is 1. The molecule has 4 rings (SSSR count). The zero-order valence-electron chi connectivity index (χ0n) is 11.2. The molecule has 3 aromatic rings. The predicted molar refractivity (Wildman–Crippen MR) is 79.3 cm³/mol. The van der Waals surface area contributed by atoms with Crippen molar-refractivity contribution in [1.82, 2.24) is 4.98 Å². The molecule has 0 saturated heterocycles. The quantitative estimate of drug-likeness (QED) is 0.739. The minimum absolute atomic E-state index is 0.669. The van der Waals surface area contributed by atoms with Crippen LogP contribution in [0.3, 0.4) is 0 Å². The van der Waals surface area contributed by atoms with Gasteiger partial charge in [0.2, 0.25) is 0 Å². The van der Waals surface area contributed by atoms with Crippen LogP contribution in [0.5, 0.6) is 11.5 Å². The number of para-hydroxylation sites is 2. The summed E-state index contributed by atoms with van der Waals surface area (Å²) in [7, 11) is 0. The van der Waals surface area contributed by atoms with Gasteiger partial charge in [0, 0.05) is 29.1 Å². The third-order valence-corrected chi connectivity index (χ3v) is 3.85. The van der Waals surface area contributed by atoms with Crippen LogP contribution in [0, 0.1) is 0 Å². The van der Waals surface area contributed by atoms with Gasteiger partial charge < -0.3 is 9.84 Å². The summed E-state index contributed by atoms with van der Waals surface area (Å²) in [6, 6.07) is 18.8. The summed E-state index contributed by atoms with van der Waals surface area (Å²) in [6.07, 6.45) is 3.39. The summed E-state index contributed by atoms with van der Waals surface area (Å²) in [6.45, 7) is 0. The van der Waals surface area contributed by atoms with Crippen molar-refractivity contribution in [2.45, 2.75) is 5.60 Å². The van der Waals surface area contributed by atoms with Gasteiger partial charge in [-0.2, -0.15) is 0 Å². The fraction of sp³-hybridized carbons (Fsp3) is 0.0556. The van der Waals surface area contributed by atoms with Crippen LogP contribution in [-0.2, 0) is 5.60 Å². The van der Waals surface area contributed by atoms with Crippen molar-refractivity contribution >= 4 is 0 Å². The molecule has 0 aliphatic carbocycles. The van der Waals surface area contributed by atoms with Crippen molar-refractivity contribution in [2.24, 2.45) is 0 Å². The summed E-state index contributed by atoms with van der Waals surface area (Å²) in [4.78, 5) is 4.15. The molecule has 1 N–H and O–H groups in total. The molecule has 102 valence electrons. The van der Waals surface area contributed by atoms with Gasteiger partial charge in [-0.15, -0.1) is 0 Å². The number of pyridine rings is 1. The van der Waals surface area contributed by atoms with Gasteiger partial charge in [-0.3, -0.25) is 4.98 Å². The van der Waals surface area contributed by atoms with E-state index in [2.05, 4.69) is 4.98 Å². The van der Waals surface area contributed by atoms with Crippen LogP contribution in [-0.4, -0.2) is 10.1 Å². The summed E-state index contributed by atoms with van der Waals surface area (Å²) in [5, 5.41) is 11.5. The zero-order valence-corrected chi connectivity index (χ0v) is 11.2. The van der Waals surface area contributed by atoms with E-state index in [0.717, 1.165) is 16.7 Å². The minimum Gasteiger partial charge on any atom is -0.457 e. The number of hydrogen-bond acceptors (Lipinski definition) is 3. The molecule has 2 heterocycles. The molecule has 0 bridgehead atoms. The van der Waals surface area contributed by atoms with Crippen LogP contribution in [0.4, 0.5) is 0 Å². The van der Waals surface area contributed by atoms with Crippen molar-refractivity contribution in [1.29, 1.82) is 0 Å².